The van der Waals surface area contributed by atoms with E-state index in [0.717, 1.165) is 19.3 Å². The highest BCUT2D eigenvalue weighted by Crippen LogP contribution is 2.27. The summed E-state index contributed by atoms with van der Waals surface area (Å²) in [5.74, 6) is -0.151. The molecular formula is C20H30O4. The molecule has 0 heterocycles. The van der Waals surface area contributed by atoms with Crippen molar-refractivity contribution >= 4 is 11.9 Å². The fourth-order valence-electron chi connectivity index (χ4n) is 2.40. The largest absolute Gasteiger partial charge is 0.423 e. The lowest BCUT2D eigenvalue weighted by atomic mass is 9.89. The van der Waals surface area contributed by atoms with Gasteiger partial charge in [0.05, 0.1) is 0 Å². The van der Waals surface area contributed by atoms with Gasteiger partial charge in [0, 0.05) is 13.3 Å². The van der Waals surface area contributed by atoms with Crippen molar-refractivity contribution in [2.75, 3.05) is 0 Å². The summed E-state index contributed by atoms with van der Waals surface area (Å²) in [6.07, 6.45) is 7.07. The quantitative estimate of drug-likeness (QED) is 0.349. The monoisotopic (exact) mass is 334 g/mol. The van der Waals surface area contributed by atoms with E-state index in [4.69, 9.17) is 9.47 Å². The van der Waals surface area contributed by atoms with Crippen LogP contribution in [0, 0.1) is 5.41 Å². The number of rotatable bonds is 9. The first-order valence-corrected chi connectivity index (χ1v) is 8.76. The summed E-state index contributed by atoms with van der Waals surface area (Å²) in [4.78, 5) is 23.0. The number of ether oxygens (including phenoxy) is 2. The smallest absolute Gasteiger partial charge is 0.311 e. The predicted molar refractivity (Wildman–Crippen MR) is 95.2 cm³/mol. The minimum absolute atomic E-state index is 0.278. The summed E-state index contributed by atoms with van der Waals surface area (Å²) in [6.45, 7) is 8.10. The van der Waals surface area contributed by atoms with E-state index in [-0.39, 0.29) is 11.7 Å². The van der Waals surface area contributed by atoms with Gasteiger partial charge in [-0.05, 0) is 30.4 Å². The van der Waals surface area contributed by atoms with Gasteiger partial charge in [-0.1, -0.05) is 58.6 Å². The minimum atomic E-state index is -0.436. The zero-order valence-corrected chi connectivity index (χ0v) is 15.4. The van der Waals surface area contributed by atoms with Crippen molar-refractivity contribution in [2.45, 2.75) is 72.6 Å². The Morgan fingerprint density at radius 1 is 0.875 bits per heavy atom. The molecule has 0 amide bonds. The molecule has 0 atom stereocenters. The lowest BCUT2D eigenvalue weighted by Gasteiger charge is -2.17. The molecule has 0 saturated carbocycles. The fourth-order valence-corrected chi connectivity index (χ4v) is 2.40. The van der Waals surface area contributed by atoms with E-state index in [9.17, 15) is 9.59 Å². The van der Waals surface area contributed by atoms with Crippen LogP contribution in [0.2, 0.25) is 0 Å². The van der Waals surface area contributed by atoms with Crippen molar-refractivity contribution in [3.8, 4) is 11.5 Å². The van der Waals surface area contributed by atoms with Crippen molar-refractivity contribution in [2.24, 2.45) is 5.41 Å². The second-order valence-electron chi connectivity index (χ2n) is 7.34. The molecule has 0 aliphatic rings. The Hall–Kier alpha value is -1.84. The second-order valence-corrected chi connectivity index (χ2v) is 7.34. The number of hydrogen-bond donors (Lipinski definition) is 0. The molecule has 0 radical (unpaired) electrons. The van der Waals surface area contributed by atoms with Crippen LogP contribution in [0.5, 0.6) is 11.5 Å². The maximum Gasteiger partial charge on any atom is 0.311 e. The zero-order valence-electron chi connectivity index (χ0n) is 15.4. The van der Waals surface area contributed by atoms with E-state index in [2.05, 4.69) is 20.8 Å². The van der Waals surface area contributed by atoms with Crippen molar-refractivity contribution in [1.29, 1.82) is 0 Å². The first-order chi connectivity index (χ1) is 11.3. The van der Waals surface area contributed by atoms with Crippen LogP contribution in [0.3, 0.4) is 0 Å². The molecular weight excluding hydrogens is 304 g/mol. The third-order valence-corrected chi connectivity index (χ3v) is 3.63. The van der Waals surface area contributed by atoms with Gasteiger partial charge in [0.25, 0.3) is 0 Å². The first kappa shape index (κ1) is 20.2. The molecule has 0 N–H and O–H groups in total. The topological polar surface area (TPSA) is 52.6 Å². The molecule has 0 aromatic heterocycles. The van der Waals surface area contributed by atoms with Gasteiger partial charge in [-0.15, -0.1) is 0 Å². The highest BCUT2D eigenvalue weighted by Gasteiger charge is 2.12. The Kier molecular flexibility index (Phi) is 8.51. The summed E-state index contributed by atoms with van der Waals surface area (Å²) < 4.78 is 10.3. The average Bonchev–Trinajstić information content (AvgIpc) is 2.46. The van der Waals surface area contributed by atoms with Crippen LogP contribution in [-0.4, -0.2) is 11.9 Å². The number of para-hydroxylation sites is 2. The number of carbonyl (C=O) groups excluding carboxylic acids is 2. The van der Waals surface area contributed by atoms with Gasteiger partial charge in [0.2, 0.25) is 0 Å². The van der Waals surface area contributed by atoms with E-state index in [1.807, 2.05) is 0 Å². The maximum absolute atomic E-state index is 11.9. The number of benzene rings is 1. The summed E-state index contributed by atoms with van der Waals surface area (Å²) >= 11 is 0. The Morgan fingerprint density at radius 3 is 2.00 bits per heavy atom. The van der Waals surface area contributed by atoms with Crippen molar-refractivity contribution < 1.29 is 19.1 Å². The molecule has 0 spiro atoms. The van der Waals surface area contributed by atoms with Crippen molar-refractivity contribution in [3.63, 3.8) is 0 Å². The van der Waals surface area contributed by atoms with Gasteiger partial charge in [-0.25, -0.2) is 0 Å². The Labute approximate surface area is 145 Å². The van der Waals surface area contributed by atoms with Crippen LogP contribution >= 0.6 is 0 Å². The number of hydrogen-bond acceptors (Lipinski definition) is 4. The Morgan fingerprint density at radius 2 is 1.42 bits per heavy atom. The van der Waals surface area contributed by atoms with E-state index >= 15 is 0 Å². The molecule has 0 aliphatic heterocycles. The number of carbonyl (C=O) groups is 2. The van der Waals surface area contributed by atoms with Crippen LogP contribution in [0.25, 0.3) is 0 Å². The van der Waals surface area contributed by atoms with Crippen molar-refractivity contribution in [3.05, 3.63) is 24.3 Å². The zero-order chi connectivity index (χ0) is 18.0. The molecule has 0 saturated heterocycles. The number of esters is 2. The lowest BCUT2D eigenvalue weighted by molar-refractivity contribution is -0.136. The molecule has 1 aromatic carbocycles. The van der Waals surface area contributed by atoms with E-state index < -0.39 is 5.97 Å². The predicted octanol–water partition coefficient (Wildman–Crippen LogP) is 5.29. The third-order valence-electron chi connectivity index (χ3n) is 3.63. The normalized spacial score (nSPS) is 11.2. The summed E-state index contributed by atoms with van der Waals surface area (Å²) in [5, 5.41) is 0. The highest BCUT2D eigenvalue weighted by molar-refractivity contribution is 5.75. The van der Waals surface area contributed by atoms with Gasteiger partial charge in [-0.2, -0.15) is 0 Å². The molecule has 0 bridgehead atoms. The molecule has 24 heavy (non-hydrogen) atoms. The first-order valence-electron chi connectivity index (χ1n) is 8.76. The van der Waals surface area contributed by atoms with E-state index in [1.165, 1.54) is 26.2 Å². The molecule has 0 fully saturated rings. The van der Waals surface area contributed by atoms with E-state index in [0.29, 0.717) is 17.6 Å². The summed E-state index contributed by atoms with van der Waals surface area (Å²) in [6, 6.07) is 6.71. The molecule has 1 rings (SSSR count). The molecule has 4 nitrogen and oxygen atoms in total. The van der Waals surface area contributed by atoms with Crippen LogP contribution in [0.4, 0.5) is 0 Å². The third kappa shape index (κ3) is 9.33. The van der Waals surface area contributed by atoms with Gasteiger partial charge in [0.1, 0.15) is 0 Å². The maximum atomic E-state index is 11.9. The highest BCUT2D eigenvalue weighted by atomic mass is 16.6. The fraction of sp³-hybridized carbons (Fsp3) is 0.600. The summed E-state index contributed by atoms with van der Waals surface area (Å²) in [7, 11) is 0. The second kappa shape index (κ2) is 10.1. The van der Waals surface area contributed by atoms with Gasteiger partial charge < -0.3 is 9.47 Å². The molecule has 0 aliphatic carbocycles. The van der Waals surface area contributed by atoms with Crippen LogP contribution in [-0.2, 0) is 9.59 Å². The van der Waals surface area contributed by atoms with Gasteiger partial charge >= 0.3 is 11.9 Å². The van der Waals surface area contributed by atoms with Gasteiger partial charge in [-0.3, -0.25) is 9.59 Å². The minimum Gasteiger partial charge on any atom is -0.423 e. The van der Waals surface area contributed by atoms with E-state index in [1.54, 1.807) is 24.3 Å². The Bertz CT molecular complexity index is 529. The molecule has 0 unspecified atom stereocenters. The molecule has 4 heteroatoms. The number of unbranched alkanes of at least 4 members (excludes halogenated alkanes) is 4. The lowest BCUT2D eigenvalue weighted by Crippen LogP contribution is -2.10. The van der Waals surface area contributed by atoms with Crippen LogP contribution < -0.4 is 9.47 Å². The molecule has 1 aromatic rings. The van der Waals surface area contributed by atoms with Crippen LogP contribution in [0.1, 0.15) is 72.6 Å². The Balaban J connectivity index is 2.24. The van der Waals surface area contributed by atoms with Crippen molar-refractivity contribution in [1.82, 2.24) is 0 Å². The standard InChI is InChI=1S/C20H30O4/c1-16(21)23-17-12-9-10-13-18(17)24-19(22)14-8-6-5-7-11-15-20(2,3)4/h9-10,12-13H,5-8,11,14-15H2,1-4H3. The van der Waals surface area contributed by atoms with Crippen LogP contribution in [0.15, 0.2) is 24.3 Å². The van der Waals surface area contributed by atoms with Gasteiger partial charge in [0.15, 0.2) is 11.5 Å². The SMILES string of the molecule is CC(=O)Oc1ccccc1OC(=O)CCCCCCCC(C)(C)C. The molecule has 134 valence electrons. The summed E-state index contributed by atoms with van der Waals surface area (Å²) in [5.41, 5.74) is 0.402. The average molecular weight is 334 g/mol.